The molecule has 0 aromatic heterocycles. The summed E-state index contributed by atoms with van der Waals surface area (Å²) >= 11 is 5.32. The molecule has 184 valence electrons. The van der Waals surface area contributed by atoms with Crippen molar-refractivity contribution in [2.75, 3.05) is 11.9 Å². The maximum atomic E-state index is 12.8. The second-order valence-corrected chi connectivity index (χ2v) is 9.78. The van der Waals surface area contributed by atoms with E-state index in [-0.39, 0.29) is 23.0 Å². The number of hydrogen-bond donors (Lipinski definition) is 3. The van der Waals surface area contributed by atoms with Crippen LogP contribution in [0.3, 0.4) is 0 Å². The van der Waals surface area contributed by atoms with E-state index in [0.29, 0.717) is 24.3 Å². The van der Waals surface area contributed by atoms with Gasteiger partial charge >= 0.3 is 0 Å². The molecule has 3 N–H and O–H groups in total. The highest BCUT2D eigenvalue weighted by Gasteiger charge is 2.28. The highest BCUT2D eigenvalue weighted by Crippen LogP contribution is 2.24. The van der Waals surface area contributed by atoms with E-state index >= 15 is 0 Å². The zero-order chi connectivity index (χ0) is 25.3. The molecule has 34 heavy (non-hydrogen) atoms. The molecule has 2 rings (SSSR count). The third-order valence-corrected chi connectivity index (χ3v) is 5.99. The van der Waals surface area contributed by atoms with Crippen LogP contribution in [0.2, 0.25) is 0 Å². The molecule has 6 nitrogen and oxygen atoms in total. The first kappa shape index (κ1) is 27.3. The van der Waals surface area contributed by atoms with Crippen molar-refractivity contribution in [1.29, 1.82) is 0 Å². The van der Waals surface area contributed by atoms with Gasteiger partial charge in [0.05, 0.1) is 6.61 Å². The number of aryl methyl sites for hydroxylation is 2. The summed E-state index contributed by atoms with van der Waals surface area (Å²) in [5.74, 6) is 0.623. The van der Waals surface area contributed by atoms with E-state index in [2.05, 4.69) is 22.0 Å². The Kier molecular flexibility index (Phi) is 10.1. The first-order chi connectivity index (χ1) is 16.0. The molecule has 0 spiro atoms. The number of thiocarbonyl (C=S) groups is 1. The molecule has 2 aromatic rings. The van der Waals surface area contributed by atoms with Crippen molar-refractivity contribution in [3.05, 3.63) is 59.2 Å². The fraction of sp³-hybridized carbons (Fsp3) is 0.444. The summed E-state index contributed by atoms with van der Waals surface area (Å²) in [4.78, 5) is 25.0. The highest BCUT2D eigenvalue weighted by atomic mass is 32.1. The fourth-order valence-electron chi connectivity index (χ4n) is 3.22. The van der Waals surface area contributed by atoms with Gasteiger partial charge in [-0.25, -0.2) is 0 Å². The Hall–Kier alpha value is -2.93. The van der Waals surface area contributed by atoms with Crippen molar-refractivity contribution in [1.82, 2.24) is 10.6 Å². The Morgan fingerprint density at radius 3 is 2.41 bits per heavy atom. The lowest BCUT2D eigenvalue weighted by Crippen LogP contribution is -2.42. The molecule has 0 saturated heterocycles. The van der Waals surface area contributed by atoms with Gasteiger partial charge in [-0.05, 0) is 93.7 Å². The molecule has 7 heteroatoms. The Balaban J connectivity index is 1.80. The Morgan fingerprint density at radius 1 is 1.09 bits per heavy atom. The predicted octanol–water partition coefficient (Wildman–Crippen LogP) is 5.53. The van der Waals surface area contributed by atoms with Crippen molar-refractivity contribution >= 4 is 34.8 Å². The number of nitrogens with one attached hydrogen (secondary N) is 3. The Labute approximate surface area is 208 Å². The molecule has 0 aliphatic carbocycles. The van der Waals surface area contributed by atoms with E-state index in [0.717, 1.165) is 29.7 Å². The lowest BCUT2D eigenvalue weighted by atomic mass is 9.87. The lowest BCUT2D eigenvalue weighted by molar-refractivity contribution is -0.128. The molecule has 0 radical (unpaired) electrons. The molecule has 0 fully saturated rings. The van der Waals surface area contributed by atoms with Gasteiger partial charge in [-0.3, -0.25) is 9.59 Å². The Bertz CT molecular complexity index is 1000. The van der Waals surface area contributed by atoms with E-state index in [1.807, 2.05) is 53.7 Å². The monoisotopic (exact) mass is 483 g/mol. The molecule has 0 bridgehead atoms. The summed E-state index contributed by atoms with van der Waals surface area (Å²) in [7, 11) is 0. The molecular formula is C27H37N3O3S. The summed E-state index contributed by atoms with van der Waals surface area (Å²) in [6.07, 6.45) is 2.27. The second kappa shape index (κ2) is 12.5. The molecule has 0 aliphatic rings. The minimum Gasteiger partial charge on any atom is -0.493 e. The first-order valence-electron chi connectivity index (χ1n) is 11.7. The molecule has 1 unspecified atom stereocenters. The molecule has 2 aromatic carbocycles. The Morgan fingerprint density at radius 2 is 1.76 bits per heavy atom. The number of carbonyl (C=O) groups excluding carboxylic acids is 2. The zero-order valence-electron chi connectivity index (χ0n) is 21.1. The van der Waals surface area contributed by atoms with Gasteiger partial charge in [-0.2, -0.15) is 0 Å². The van der Waals surface area contributed by atoms with Gasteiger partial charge < -0.3 is 20.7 Å². The third-order valence-electron chi connectivity index (χ3n) is 5.78. The van der Waals surface area contributed by atoms with Crippen molar-refractivity contribution in [2.45, 2.75) is 66.8 Å². The average Bonchev–Trinajstić information content (AvgIpc) is 2.79. The minimum absolute atomic E-state index is 0.111. The van der Waals surface area contributed by atoms with Gasteiger partial charge in [0.1, 0.15) is 5.75 Å². The number of ether oxygens (including phenoxy) is 1. The first-order valence-corrected chi connectivity index (χ1v) is 12.2. The second-order valence-electron chi connectivity index (χ2n) is 9.37. The number of amides is 2. The minimum atomic E-state index is -0.603. The van der Waals surface area contributed by atoms with Gasteiger partial charge in [-0.1, -0.05) is 32.9 Å². The van der Waals surface area contributed by atoms with Gasteiger partial charge in [0.2, 0.25) is 5.91 Å². The maximum absolute atomic E-state index is 12.8. The summed E-state index contributed by atoms with van der Waals surface area (Å²) < 4.78 is 5.91. The van der Waals surface area contributed by atoms with E-state index < -0.39 is 5.41 Å². The molecule has 0 saturated carbocycles. The predicted molar refractivity (Wildman–Crippen MR) is 142 cm³/mol. The van der Waals surface area contributed by atoms with Crippen LogP contribution in [0.15, 0.2) is 42.5 Å². The van der Waals surface area contributed by atoms with E-state index in [1.165, 1.54) is 0 Å². The van der Waals surface area contributed by atoms with Crippen molar-refractivity contribution in [3.63, 3.8) is 0 Å². The largest absolute Gasteiger partial charge is 0.493 e. The van der Waals surface area contributed by atoms with Gasteiger partial charge in [0.15, 0.2) is 5.11 Å². The van der Waals surface area contributed by atoms with Crippen LogP contribution in [-0.4, -0.2) is 29.6 Å². The maximum Gasteiger partial charge on any atom is 0.251 e. The number of carbonyl (C=O) groups is 2. The summed E-state index contributed by atoms with van der Waals surface area (Å²) in [6.45, 7) is 12.4. The van der Waals surface area contributed by atoms with E-state index in [4.69, 9.17) is 17.0 Å². The normalized spacial score (nSPS) is 11.9. The molecule has 2 amide bonds. The number of rotatable bonds is 10. The summed E-state index contributed by atoms with van der Waals surface area (Å²) in [6, 6.07) is 13.2. The zero-order valence-corrected chi connectivity index (χ0v) is 21.9. The van der Waals surface area contributed by atoms with Crippen LogP contribution < -0.4 is 20.7 Å². The standard InChI is InChI=1S/C27H37N3O3S/c1-7-20(4)28-24(31)21-11-13-22(14-12-21)29-26(34)30-25(32)27(5,6)15-8-16-33-23-17-18(2)9-10-19(23)3/h9-14,17,20H,7-8,15-16H2,1-6H3,(H,28,31)(H2,29,30,32,34). The molecule has 0 aliphatic heterocycles. The topological polar surface area (TPSA) is 79.5 Å². The van der Waals surface area contributed by atoms with Crippen LogP contribution in [0, 0.1) is 19.3 Å². The summed E-state index contributed by atoms with van der Waals surface area (Å²) in [5.41, 5.74) is 2.93. The quantitative estimate of drug-likeness (QED) is 0.306. The van der Waals surface area contributed by atoms with Crippen molar-refractivity contribution in [3.8, 4) is 5.75 Å². The SMILES string of the molecule is CCC(C)NC(=O)c1ccc(NC(=S)NC(=O)C(C)(C)CCCOc2cc(C)ccc2C)cc1. The third kappa shape index (κ3) is 8.45. The van der Waals surface area contributed by atoms with Crippen LogP contribution in [-0.2, 0) is 4.79 Å². The van der Waals surface area contributed by atoms with Crippen molar-refractivity contribution < 1.29 is 14.3 Å². The van der Waals surface area contributed by atoms with Crippen LogP contribution in [0.25, 0.3) is 0 Å². The summed E-state index contributed by atoms with van der Waals surface area (Å²) in [5, 5.41) is 8.94. The van der Waals surface area contributed by atoms with Crippen molar-refractivity contribution in [2.24, 2.45) is 5.41 Å². The van der Waals surface area contributed by atoms with Crippen LogP contribution in [0.1, 0.15) is 68.4 Å². The van der Waals surface area contributed by atoms with E-state index in [1.54, 1.807) is 24.3 Å². The van der Waals surface area contributed by atoms with E-state index in [9.17, 15) is 9.59 Å². The van der Waals surface area contributed by atoms with Crippen LogP contribution >= 0.6 is 12.2 Å². The number of anilines is 1. The molecule has 1 atom stereocenters. The lowest BCUT2D eigenvalue weighted by Gasteiger charge is -2.24. The average molecular weight is 484 g/mol. The molecule has 0 heterocycles. The molecular weight excluding hydrogens is 446 g/mol. The smallest absolute Gasteiger partial charge is 0.251 e. The number of hydrogen-bond acceptors (Lipinski definition) is 4. The van der Waals surface area contributed by atoms with Gasteiger partial charge in [0.25, 0.3) is 5.91 Å². The van der Waals surface area contributed by atoms with Gasteiger partial charge in [-0.15, -0.1) is 0 Å². The fourth-order valence-corrected chi connectivity index (χ4v) is 3.43. The number of benzene rings is 2. The van der Waals surface area contributed by atoms with Crippen LogP contribution in [0.5, 0.6) is 5.75 Å². The highest BCUT2D eigenvalue weighted by molar-refractivity contribution is 7.80. The van der Waals surface area contributed by atoms with Gasteiger partial charge in [0, 0.05) is 22.7 Å². The van der Waals surface area contributed by atoms with Crippen LogP contribution in [0.4, 0.5) is 5.69 Å².